The minimum Gasteiger partial charge on any atom is -0.411 e. The molecule has 0 saturated carbocycles. The number of amides is 1. The Labute approximate surface area is 189 Å². The highest BCUT2D eigenvalue weighted by Gasteiger charge is 2.12. The van der Waals surface area contributed by atoms with Crippen molar-refractivity contribution in [1.82, 2.24) is 20.5 Å². The topological polar surface area (TPSA) is 83.8 Å². The molecule has 32 heavy (non-hydrogen) atoms. The van der Waals surface area contributed by atoms with E-state index in [2.05, 4.69) is 51.7 Å². The minimum atomic E-state index is -0.0591. The van der Waals surface area contributed by atoms with Crippen LogP contribution >= 0.6 is 11.8 Å². The van der Waals surface area contributed by atoms with Crippen LogP contribution in [0.15, 0.2) is 76.5 Å². The average molecular weight is 443 g/mol. The number of carbonyl (C=O) groups is 1. The Morgan fingerprint density at radius 3 is 2.84 bits per heavy atom. The van der Waals surface area contributed by atoms with E-state index < -0.39 is 0 Å². The smallest absolute Gasteiger partial charge is 0.277 e. The summed E-state index contributed by atoms with van der Waals surface area (Å²) in [6, 6.07) is 20.5. The fourth-order valence-electron chi connectivity index (χ4n) is 3.73. The van der Waals surface area contributed by atoms with Gasteiger partial charge in [0.1, 0.15) is 0 Å². The van der Waals surface area contributed by atoms with Gasteiger partial charge in [0.2, 0.25) is 11.8 Å². The Morgan fingerprint density at radius 1 is 1.06 bits per heavy atom. The maximum absolute atomic E-state index is 12.2. The van der Waals surface area contributed by atoms with Gasteiger partial charge in [-0.05, 0) is 53.4 Å². The maximum Gasteiger partial charge on any atom is 0.277 e. The molecule has 2 N–H and O–H groups in total. The number of carbonyl (C=O) groups excluding carboxylic acids is 1. The molecule has 0 aliphatic heterocycles. The van der Waals surface area contributed by atoms with Crippen LogP contribution in [-0.2, 0) is 11.2 Å². The average Bonchev–Trinajstić information content (AvgIpc) is 3.44. The van der Waals surface area contributed by atoms with Crippen molar-refractivity contribution in [2.24, 2.45) is 0 Å². The molecule has 0 radical (unpaired) electrons. The first kappa shape index (κ1) is 20.3. The van der Waals surface area contributed by atoms with Crippen LogP contribution in [0.1, 0.15) is 11.1 Å². The third kappa shape index (κ3) is 4.38. The molecule has 5 aromatic rings. The zero-order valence-electron chi connectivity index (χ0n) is 17.6. The van der Waals surface area contributed by atoms with Crippen molar-refractivity contribution in [1.29, 1.82) is 0 Å². The molecule has 3 aromatic carbocycles. The number of hydrogen-bond donors (Lipinski definition) is 2. The molecule has 0 fully saturated rings. The quantitative estimate of drug-likeness (QED) is 0.341. The van der Waals surface area contributed by atoms with Crippen LogP contribution in [0.25, 0.3) is 33.1 Å². The molecular weight excluding hydrogens is 420 g/mol. The zero-order chi connectivity index (χ0) is 21.9. The SMILES string of the molecule is Cc1ccc2c(CCNC(=O)CSc3nnc(-c4ccc5ccccc5c4)o3)c[nH]c2c1. The normalized spacial score (nSPS) is 11.3. The fraction of sp³-hybridized carbons (Fsp3) is 0.160. The van der Waals surface area contributed by atoms with E-state index in [1.54, 1.807) is 0 Å². The summed E-state index contributed by atoms with van der Waals surface area (Å²) in [4.78, 5) is 15.5. The summed E-state index contributed by atoms with van der Waals surface area (Å²) < 4.78 is 5.75. The molecule has 0 bridgehead atoms. The van der Waals surface area contributed by atoms with Gasteiger partial charge in [-0.1, -0.05) is 54.2 Å². The molecule has 0 unspecified atom stereocenters. The van der Waals surface area contributed by atoms with E-state index >= 15 is 0 Å². The Balaban J connectivity index is 1.14. The standard InChI is InChI=1S/C25H22N4O2S/c1-16-6-9-21-20(14-27-22(21)12-16)10-11-26-23(30)15-32-25-29-28-24(31-25)19-8-7-17-4-2-3-5-18(17)13-19/h2-9,12-14,27H,10-11,15H2,1H3,(H,26,30). The number of benzene rings is 3. The lowest BCUT2D eigenvalue weighted by Crippen LogP contribution is -2.27. The Bertz CT molecular complexity index is 1410. The first-order valence-corrected chi connectivity index (χ1v) is 11.4. The number of thioether (sulfide) groups is 1. The van der Waals surface area contributed by atoms with Crippen molar-refractivity contribution < 1.29 is 9.21 Å². The van der Waals surface area contributed by atoms with E-state index in [0.717, 1.165) is 28.3 Å². The number of H-pyrrole nitrogens is 1. The molecule has 0 aliphatic carbocycles. The second kappa shape index (κ2) is 8.88. The zero-order valence-corrected chi connectivity index (χ0v) is 18.4. The van der Waals surface area contributed by atoms with Gasteiger partial charge in [-0.15, -0.1) is 10.2 Å². The molecule has 0 spiro atoms. The highest BCUT2D eigenvalue weighted by atomic mass is 32.2. The molecule has 0 atom stereocenters. The number of nitrogens with one attached hydrogen (secondary N) is 2. The molecule has 1 amide bonds. The molecule has 2 heterocycles. The summed E-state index contributed by atoms with van der Waals surface area (Å²) in [7, 11) is 0. The number of nitrogens with zero attached hydrogens (tertiary/aromatic N) is 2. The van der Waals surface area contributed by atoms with Crippen LogP contribution in [0.3, 0.4) is 0 Å². The third-order valence-corrected chi connectivity index (χ3v) is 6.19. The Morgan fingerprint density at radius 2 is 1.94 bits per heavy atom. The molecule has 6 nitrogen and oxygen atoms in total. The van der Waals surface area contributed by atoms with E-state index in [1.807, 2.05) is 42.6 Å². The van der Waals surface area contributed by atoms with Crippen molar-refractivity contribution in [3.63, 3.8) is 0 Å². The van der Waals surface area contributed by atoms with Crippen molar-refractivity contribution in [3.05, 3.63) is 78.0 Å². The number of fused-ring (bicyclic) bond motifs is 2. The number of aryl methyl sites for hydroxylation is 1. The fourth-order valence-corrected chi connectivity index (χ4v) is 4.32. The monoisotopic (exact) mass is 442 g/mol. The molecular formula is C25H22N4O2S. The number of hydrogen-bond acceptors (Lipinski definition) is 5. The largest absolute Gasteiger partial charge is 0.411 e. The first-order chi connectivity index (χ1) is 15.7. The van der Waals surface area contributed by atoms with E-state index in [4.69, 9.17) is 4.42 Å². The summed E-state index contributed by atoms with van der Waals surface area (Å²) in [5.41, 5.74) is 4.41. The van der Waals surface area contributed by atoms with Crippen LogP contribution in [0.4, 0.5) is 0 Å². The van der Waals surface area contributed by atoms with Gasteiger partial charge in [0, 0.05) is 29.2 Å². The number of rotatable bonds is 7. The molecule has 7 heteroatoms. The predicted octanol–water partition coefficient (Wildman–Crippen LogP) is 5.13. The van der Waals surface area contributed by atoms with Crippen LogP contribution in [-0.4, -0.2) is 33.4 Å². The van der Waals surface area contributed by atoms with Gasteiger partial charge in [0.15, 0.2) is 0 Å². The van der Waals surface area contributed by atoms with E-state index in [-0.39, 0.29) is 11.7 Å². The van der Waals surface area contributed by atoms with Gasteiger partial charge in [-0.2, -0.15) is 0 Å². The van der Waals surface area contributed by atoms with Crippen molar-refractivity contribution in [2.45, 2.75) is 18.6 Å². The van der Waals surface area contributed by atoms with Crippen molar-refractivity contribution in [2.75, 3.05) is 12.3 Å². The predicted molar refractivity (Wildman–Crippen MR) is 128 cm³/mol. The van der Waals surface area contributed by atoms with Crippen LogP contribution < -0.4 is 5.32 Å². The second-order valence-electron chi connectivity index (χ2n) is 7.69. The van der Waals surface area contributed by atoms with Gasteiger partial charge >= 0.3 is 0 Å². The summed E-state index contributed by atoms with van der Waals surface area (Å²) in [5.74, 6) is 0.622. The van der Waals surface area contributed by atoms with E-state index in [9.17, 15) is 4.79 Å². The summed E-state index contributed by atoms with van der Waals surface area (Å²) >= 11 is 1.24. The molecule has 5 rings (SSSR count). The number of aromatic amines is 1. The third-order valence-electron chi connectivity index (χ3n) is 5.37. The van der Waals surface area contributed by atoms with Crippen molar-refractivity contribution >= 4 is 39.3 Å². The lowest BCUT2D eigenvalue weighted by Gasteiger charge is -2.04. The Hall–Kier alpha value is -3.58. The van der Waals surface area contributed by atoms with Crippen LogP contribution in [0.2, 0.25) is 0 Å². The summed E-state index contributed by atoms with van der Waals surface area (Å²) in [6.45, 7) is 2.65. The second-order valence-corrected chi connectivity index (χ2v) is 8.61. The lowest BCUT2D eigenvalue weighted by atomic mass is 10.1. The van der Waals surface area contributed by atoms with Crippen molar-refractivity contribution in [3.8, 4) is 11.5 Å². The van der Waals surface area contributed by atoms with Gasteiger partial charge < -0.3 is 14.7 Å². The van der Waals surface area contributed by atoms with Gasteiger partial charge in [0.05, 0.1) is 5.75 Å². The van der Waals surface area contributed by atoms with Gasteiger partial charge in [-0.25, -0.2) is 0 Å². The maximum atomic E-state index is 12.2. The van der Waals surface area contributed by atoms with Gasteiger partial charge in [-0.3, -0.25) is 4.79 Å². The highest BCUT2D eigenvalue weighted by molar-refractivity contribution is 7.99. The van der Waals surface area contributed by atoms with Crippen LogP contribution in [0.5, 0.6) is 0 Å². The number of aromatic nitrogens is 3. The molecule has 160 valence electrons. The molecule has 0 aliphatic rings. The molecule has 0 saturated heterocycles. The lowest BCUT2D eigenvalue weighted by molar-refractivity contribution is -0.118. The van der Waals surface area contributed by atoms with Crippen LogP contribution in [0, 0.1) is 6.92 Å². The van der Waals surface area contributed by atoms with Gasteiger partial charge in [0.25, 0.3) is 5.22 Å². The Kier molecular flexibility index (Phi) is 5.64. The molecule has 2 aromatic heterocycles. The minimum absolute atomic E-state index is 0.0591. The summed E-state index contributed by atoms with van der Waals surface area (Å²) in [5, 5.41) is 15.0. The van der Waals surface area contributed by atoms with E-state index in [1.165, 1.54) is 28.3 Å². The van der Waals surface area contributed by atoms with E-state index in [0.29, 0.717) is 17.7 Å². The highest BCUT2D eigenvalue weighted by Crippen LogP contribution is 2.26. The first-order valence-electron chi connectivity index (χ1n) is 10.4. The summed E-state index contributed by atoms with van der Waals surface area (Å²) in [6.07, 6.45) is 2.78.